The van der Waals surface area contributed by atoms with Crippen LogP contribution in [-0.2, 0) is 9.59 Å². The number of aryl methyl sites for hydroxylation is 1. The third kappa shape index (κ3) is 3.51. The van der Waals surface area contributed by atoms with Crippen molar-refractivity contribution in [1.82, 2.24) is 9.88 Å². The first kappa shape index (κ1) is 13.0. The topological polar surface area (TPSA) is 82.5 Å². The van der Waals surface area contributed by atoms with Crippen LogP contribution in [0.1, 0.15) is 12.1 Å². The van der Waals surface area contributed by atoms with E-state index in [9.17, 15) is 9.59 Å². The molecule has 2 heterocycles. The first-order valence-electron chi connectivity index (χ1n) is 5.69. The van der Waals surface area contributed by atoms with E-state index < -0.39 is 5.97 Å². The van der Waals surface area contributed by atoms with E-state index >= 15 is 0 Å². The van der Waals surface area contributed by atoms with Crippen LogP contribution < -0.4 is 5.32 Å². The molecule has 0 bridgehead atoms. The molecule has 0 unspecified atom stereocenters. The molecule has 7 heteroatoms. The van der Waals surface area contributed by atoms with Crippen molar-refractivity contribution in [1.29, 1.82) is 0 Å². The molecule has 1 aromatic rings. The molecule has 1 saturated heterocycles. The Bertz CT molecular complexity index is 454. The quantitative estimate of drug-likeness (QED) is 0.826. The number of nitrogens with one attached hydrogen (secondary N) is 1. The lowest BCUT2D eigenvalue weighted by molar-refractivity contribution is -0.139. The molecule has 18 heavy (non-hydrogen) atoms. The molecule has 1 aliphatic rings. The van der Waals surface area contributed by atoms with Crippen molar-refractivity contribution >= 4 is 28.3 Å². The van der Waals surface area contributed by atoms with E-state index in [4.69, 9.17) is 5.11 Å². The summed E-state index contributed by atoms with van der Waals surface area (Å²) in [6.07, 6.45) is 0.184. The number of thiazole rings is 1. The molecule has 2 N–H and O–H groups in total. The number of likely N-dealkylation sites (tertiary alicyclic amines) is 1. The van der Waals surface area contributed by atoms with E-state index in [1.807, 2.05) is 17.2 Å². The predicted octanol–water partition coefficient (Wildman–Crippen LogP) is 0.797. The second-order valence-electron chi connectivity index (χ2n) is 4.50. The number of carboxylic acid groups (broad SMARTS) is 1. The molecule has 1 aliphatic heterocycles. The van der Waals surface area contributed by atoms with Crippen LogP contribution in [0.5, 0.6) is 0 Å². The van der Waals surface area contributed by atoms with E-state index in [-0.39, 0.29) is 18.2 Å². The summed E-state index contributed by atoms with van der Waals surface area (Å²) in [6.45, 7) is 3.53. The van der Waals surface area contributed by atoms with E-state index in [1.165, 1.54) is 11.3 Å². The van der Waals surface area contributed by atoms with Crippen molar-refractivity contribution in [3.05, 3.63) is 11.1 Å². The van der Waals surface area contributed by atoms with Gasteiger partial charge in [0.25, 0.3) is 0 Å². The molecule has 2 rings (SSSR count). The minimum atomic E-state index is -0.776. The van der Waals surface area contributed by atoms with Crippen LogP contribution in [0.2, 0.25) is 0 Å². The van der Waals surface area contributed by atoms with Crippen molar-refractivity contribution in [2.75, 3.05) is 25.0 Å². The maximum Gasteiger partial charge on any atom is 0.303 e. The van der Waals surface area contributed by atoms with Crippen LogP contribution in [0, 0.1) is 12.8 Å². The summed E-state index contributed by atoms with van der Waals surface area (Å²) in [5.74, 6) is -0.696. The molecule has 0 aliphatic carbocycles. The number of aliphatic carboxylic acids is 1. The Balaban J connectivity index is 1.69. The standard InChI is InChI=1S/C11H15N3O3S/c1-7-6-18-11(12-7)13-9(15)5-14-3-8(4-14)2-10(16)17/h6,8H,2-5H2,1H3,(H,16,17)(H,12,13,15). The molecule has 0 saturated carbocycles. The van der Waals surface area contributed by atoms with Gasteiger partial charge < -0.3 is 10.4 Å². The normalized spacial score (nSPS) is 16.3. The molecule has 0 aromatic carbocycles. The van der Waals surface area contributed by atoms with E-state index in [2.05, 4.69) is 10.3 Å². The summed E-state index contributed by atoms with van der Waals surface area (Å²) in [7, 11) is 0. The SMILES string of the molecule is Cc1csc(NC(=O)CN2CC(CC(=O)O)C2)n1. The van der Waals surface area contributed by atoms with Gasteiger partial charge in [-0.15, -0.1) is 11.3 Å². The molecule has 98 valence electrons. The van der Waals surface area contributed by atoms with Gasteiger partial charge in [0.1, 0.15) is 0 Å². The van der Waals surface area contributed by atoms with Crippen molar-refractivity contribution in [3.63, 3.8) is 0 Å². The van der Waals surface area contributed by atoms with Gasteiger partial charge >= 0.3 is 5.97 Å². The predicted molar refractivity (Wildman–Crippen MR) is 67.7 cm³/mol. The van der Waals surface area contributed by atoms with E-state index in [1.54, 1.807) is 0 Å². The lowest BCUT2D eigenvalue weighted by Crippen LogP contribution is -2.50. The van der Waals surface area contributed by atoms with Crippen molar-refractivity contribution in [2.24, 2.45) is 5.92 Å². The Morgan fingerprint density at radius 2 is 2.33 bits per heavy atom. The molecule has 1 fully saturated rings. The number of nitrogens with zero attached hydrogens (tertiary/aromatic N) is 2. The first-order valence-corrected chi connectivity index (χ1v) is 6.57. The Labute approximate surface area is 109 Å². The van der Waals surface area contributed by atoms with Gasteiger partial charge in [-0.05, 0) is 12.8 Å². The monoisotopic (exact) mass is 269 g/mol. The highest BCUT2D eigenvalue weighted by atomic mass is 32.1. The maximum atomic E-state index is 11.7. The molecular formula is C11H15N3O3S. The van der Waals surface area contributed by atoms with Gasteiger partial charge in [0.05, 0.1) is 18.7 Å². The minimum absolute atomic E-state index is 0.0990. The van der Waals surface area contributed by atoms with Gasteiger partial charge in [-0.25, -0.2) is 4.98 Å². The number of amides is 1. The van der Waals surface area contributed by atoms with Crippen LogP contribution in [0.3, 0.4) is 0 Å². The molecular weight excluding hydrogens is 254 g/mol. The highest BCUT2D eigenvalue weighted by molar-refractivity contribution is 7.13. The van der Waals surface area contributed by atoms with E-state index in [0.29, 0.717) is 24.8 Å². The van der Waals surface area contributed by atoms with Crippen LogP contribution in [0.25, 0.3) is 0 Å². The average Bonchev–Trinajstić information content (AvgIpc) is 2.60. The number of hydrogen-bond donors (Lipinski definition) is 2. The Kier molecular flexibility index (Phi) is 3.93. The summed E-state index contributed by atoms with van der Waals surface area (Å²) in [4.78, 5) is 28.2. The fourth-order valence-corrected chi connectivity index (χ4v) is 2.66. The number of carboxylic acids is 1. The van der Waals surface area contributed by atoms with Gasteiger partial charge in [-0.2, -0.15) is 0 Å². The Morgan fingerprint density at radius 3 is 2.89 bits per heavy atom. The Hall–Kier alpha value is -1.47. The molecule has 1 amide bonds. The fraction of sp³-hybridized carbons (Fsp3) is 0.545. The number of rotatable bonds is 5. The van der Waals surface area contributed by atoms with Crippen LogP contribution in [0.4, 0.5) is 5.13 Å². The largest absolute Gasteiger partial charge is 0.481 e. The van der Waals surface area contributed by atoms with E-state index in [0.717, 1.165) is 5.69 Å². The first-order chi connectivity index (χ1) is 8.52. The number of carbonyl (C=O) groups excluding carboxylic acids is 1. The zero-order chi connectivity index (χ0) is 13.1. The highest BCUT2D eigenvalue weighted by Crippen LogP contribution is 2.19. The highest BCUT2D eigenvalue weighted by Gasteiger charge is 2.29. The molecule has 0 radical (unpaired) electrons. The lowest BCUT2D eigenvalue weighted by Gasteiger charge is -2.37. The van der Waals surface area contributed by atoms with Gasteiger partial charge in [0, 0.05) is 18.5 Å². The van der Waals surface area contributed by atoms with Gasteiger partial charge in [0.2, 0.25) is 5.91 Å². The van der Waals surface area contributed by atoms with Crippen molar-refractivity contribution in [2.45, 2.75) is 13.3 Å². The second-order valence-corrected chi connectivity index (χ2v) is 5.36. The second kappa shape index (κ2) is 5.45. The number of carbonyl (C=O) groups is 2. The van der Waals surface area contributed by atoms with Crippen LogP contribution in [0.15, 0.2) is 5.38 Å². The van der Waals surface area contributed by atoms with Crippen LogP contribution in [-0.4, -0.2) is 46.5 Å². The van der Waals surface area contributed by atoms with Crippen molar-refractivity contribution in [3.8, 4) is 0 Å². The third-order valence-corrected chi connectivity index (χ3v) is 3.60. The van der Waals surface area contributed by atoms with Crippen LogP contribution >= 0.6 is 11.3 Å². The number of aromatic nitrogens is 1. The van der Waals surface area contributed by atoms with Crippen molar-refractivity contribution < 1.29 is 14.7 Å². The molecule has 6 nitrogen and oxygen atoms in total. The summed E-state index contributed by atoms with van der Waals surface area (Å²) in [5, 5.41) is 13.8. The summed E-state index contributed by atoms with van der Waals surface area (Å²) in [6, 6.07) is 0. The summed E-state index contributed by atoms with van der Waals surface area (Å²) < 4.78 is 0. The van der Waals surface area contributed by atoms with Gasteiger partial charge in [0.15, 0.2) is 5.13 Å². The summed E-state index contributed by atoms with van der Waals surface area (Å²) in [5.41, 5.74) is 0.890. The van der Waals surface area contributed by atoms with Gasteiger partial charge in [-0.3, -0.25) is 14.5 Å². The molecule has 0 spiro atoms. The zero-order valence-corrected chi connectivity index (χ0v) is 10.9. The summed E-state index contributed by atoms with van der Waals surface area (Å²) >= 11 is 1.40. The number of anilines is 1. The molecule has 0 atom stereocenters. The maximum absolute atomic E-state index is 11.7. The smallest absolute Gasteiger partial charge is 0.303 e. The minimum Gasteiger partial charge on any atom is -0.481 e. The zero-order valence-electron chi connectivity index (χ0n) is 10.0. The number of hydrogen-bond acceptors (Lipinski definition) is 5. The lowest BCUT2D eigenvalue weighted by atomic mass is 9.96. The fourth-order valence-electron chi connectivity index (χ4n) is 1.96. The molecule has 1 aromatic heterocycles. The van der Waals surface area contributed by atoms with Gasteiger partial charge in [-0.1, -0.05) is 0 Å². The average molecular weight is 269 g/mol. The Morgan fingerprint density at radius 1 is 1.61 bits per heavy atom. The third-order valence-electron chi connectivity index (χ3n) is 2.73.